The molecule has 0 bridgehead atoms. The highest BCUT2D eigenvalue weighted by Crippen LogP contribution is 2.40. The Morgan fingerprint density at radius 1 is 0.880 bits per heavy atom. The molecular formula is C24H37F. The van der Waals surface area contributed by atoms with Crippen LogP contribution in [-0.2, 0) is 0 Å². The van der Waals surface area contributed by atoms with Gasteiger partial charge < -0.3 is 0 Å². The van der Waals surface area contributed by atoms with Crippen LogP contribution in [0.2, 0.25) is 0 Å². The summed E-state index contributed by atoms with van der Waals surface area (Å²) in [5.74, 6) is 1.78. The minimum atomic E-state index is -0.0532. The fourth-order valence-electron chi connectivity index (χ4n) is 2.70. The van der Waals surface area contributed by atoms with Crippen molar-refractivity contribution in [1.82, 2.24) is 0 Å². The van der Waals surface area contributed by atoms with Crippen LogP contribution in [0, 0.1) is 12.7 Å². The standard InChI is InChI=1S/C12H16.C10H13F.2CH4/c1-9(2)11-4-3-5-12(8-11)10-6-7-10;1-7(2)9-6-4-5-8(3)10(9)11;;/h3-5,8-10H,6-7H2,1-2H3;4-7H,1-3H3;2*1H4. The first-order valence-corrected chi connectivity index (χ1v) is 8.75. The molecule has 0 heterocycles. The number of hydrogen-bond donors (Lipinski definition) is 0. The highest BCUT2D eigenvalue weighted by Gasteiger charge is 2.23. The molecule has 0 aliphatic heterocycles. The van der Waals surface area contributed by atoms with E-state index in [1.54, 1.807) is 18.6 Å². The molecule has 0 aromatic heterocycles. The molecule has 0 unspecified atom stereocenters. The maximum absolute atomic E-state index is 13.3. The third kappa shape index (κ3) is 6.65. The normalized spacial score (nSPS) is 12.8. The van der Waals surface area contributed by atoms with Crippen LogP contribution in [0.3, 0.4) is 0 Å². The van der Waals surface area contributed by atoms with Gasteiger partial charge in [-0.2, -0.15) is 0 Å². The van der Waals surface area contributed by atoms with Crippen LogP contribution in [0.4, 0.5) is 4.39 Å². The van der Waals surface area contributed by atoms with Crippen LogP contribution in [-0.4, -0.2) is 0 Å². The zero-order chi connectivity index (χ0) is 17.0. The quantitative estimate of drug-likeness (QED) is 0.526. The Balaban J connectivity index is 0.000000429. The number of halogens is 1. The van der Waals surface area contributed by atoms with Gasteiger partial charge in [0, 0.05) is 0 Å². The lowest BCUT2D eigenvalue weighted by Crippen LogP contribution is -1.94. The Kier molecular flexibility index (Phi) is 9.70. The second kappa shape index (κ2) is 10.4. The summed E-state index contributed by atoms with van der Waals surface area (Å²) in [5.41, 5.74) is 4.59. The van der Waals surface area contributed by atoms with Crippen molar-refractivity contribution in [2.45, 2.75) is 80.1 Å². The lowest BCUT2D eigenvalue weighted by molar-refractivity contribution is 0.590. The summed E-state index contributed by atoms with van der Waals surface area (Å²) in [4.78, 5) is 0. The molecule has 2 aromatic rings. The van der Waals surface area contributed by atoms with E-state index < -0.39 is 0 Å². The highest BCUT2D eigenvalue weighted by molar-refractivity contribution is 5.30. The van der Waals surface area contributed by atoms with Gasteiger partial charge in [0.25, 0.3) is 0 Å². The van der Waals surface area contributed by atoms with Gasteiger partial charge in [-0.15, -0.1) is 0 Å². The monoisotopic (exact) mass is 344 g/mol. The Morgan fingerprint density at radius 3 is 1.96 bits per heavy atom. The van der Waals surface area contributed by atoms with Crippen molar-refractivity contribution in [1.29, 1.82) is 0 Å². The molecule has 0 spiro atoms. The zero-order valence-corrected chi connectivity index (χ0v) is 15.1. The van der Waals surface area contributed by atoms with Crippen molar-refractivity contribution in [2.75, 3.05) is 0 Å². The third-order valence-electron chi connectivity index (χ3n) is 4.47. The summed E-state index contributed by atoms with van der Waals surface area (Å²) in [6.45, 7) is 10.3. The molecule has 1 fully saturated rings. The predicted molar refractivity (Wildman–Crippen MR) is 111 cm³/mol. The smallest absolute Gasteiger partial charge is 0.129 e. The van der Waals surface area contributed by atoms with Crippen molar-refractivity contribution >= 4 is 0 Å². The van der Waals surface area contributed by atoms with Crippen LogP contribution in [0.15, 0.2) is 42.5 Å². The Labute approximate surface area is 155 Å². The van der Waals surface area contributed by atoms with E-state index in [9.17, 15) is 4.39 Å². The summed E-state index contributed by atoms with van der Waals surface area (Å²) in [7, 11) is 0. The van der Waals surface area contributed by atoms with Gasteiger partial charge in [0.1, 0.15) is 5.82 Å². The molecule has 25 heavy (non-hydrogen) atoms. The molecule has 0 amide bonds. The first-order chi connectivity index (χ1) is 10.9. The molecule has 0 nitrogen and oxygen atoms in total. The third-order valence-corrected chi connectivity index (χ3v) is 4.47. The van der Waals surface area contributed by atoms with Crippen LogP contribution >= 0.6 is 0 Å². The number of rotatable bonds is 3. The van der Waals surface area contributed by atoms with E-state index in [2.05, 4.69) is 38.1 Å². The molecule has 1 saturated carbocycles. The van der Waals surface area contributed by atoms with Crippen LogP contribution in [0.25, 0.3) is 0 Å². The fourth-order valence-corrected chi connectivity index (χ4v) is 2.70. The van der Waals surface area contributed by atoms with Crippen molar-refractivity contribution in [3.05, 3.63) is 70.5 Å². The maximum Gasteiger partial charge on any atom is 0.129 e. The van der Waals surface area contributed by atoms with Crippen molar-refractivity contribution in [3.63, 3.8) is 0 Å². The average Bonchev–Trinajstić information content (AvgIpc) is 3.35. The molecular weight excluding hydrogens is 307 g/mol. The summed E-state index contributed by atoms with van der Waals surface area (Å²) in [6, 6.07) is 14.6. The summed E-state index contributed by atoms with van der Waals surface area (Å²) >= 11 is 0. The van der Waals surface area contributed by atoms with Crippen LogP contribution in [0.1, 0.15) is 95.4 Å². The van der Waals surface area contributed by atoms with E-state index in [1.165, 1.54) is 18.4 Å². The summed E-state index contributed by atoms with van der Waals surface area (Å²) in [6.07, 6.45) is 2.81. The molecule has 1 aliphatic rings. The molecule has 140 valence electrons. The molecule has 0 saturated heterocycles. The van der Waals surface area contributed by atoms with E-state index in [0.717, 1.165) is 17.0 Å². The largest absolute Gasteiger partial charge is 0.206 e. The summed E-state index contributed by atoms with van der Waals surface area (Å²) in [5, 5.41) is 0. The van der Waals surface area contributed by atoms with Gasteiger partial charge in [0.15, 0.2) is 0 Å². The number of benzene rings is 2. The fraction of sp³-hybridized carbons (Fsp3) is 0.500. The lowest BCUT2D eigenvalue weighted by Gasteiger charge is -2.07. The zero-order valence-electron chi connectivity index (χ0n) is 15.1. The van der Waals surface area contributed by atoms with Gasteiger partial charge in [-0.05, 0) is 59.8 Å². The Hall–Kier alpha value is -1.63. The first kappa shape index (κ1) is 23.4. The molecule has 0 N–H and O–H groups in total. The van der Waals surface area contributed by atoms with E-state index in [0.29, 0.717) is 5.92 Å². The molecule has 2 aromatic carbocycles. The first-order valence-electron chi connectivity index (χ1n) is 8.75. The van der Waals surface area contributed by atoms with Gasteiger partial charge >= 0.3 is 0 Å². The van der Waals surface area contributed by atoms with E-state index >= 15 is 0 Å². The van der Waals surface area contributed by atoms with Crippen molar-refractivity contribution in [3.8, 4) is 0 Å². The van der Waals surface area contributed by atoms with E-state index in [1.807, 2.05) is 26.0 Å². The van der Waals surface area contributed by atoms with Gasteiger partial charge in [0.05, 0.1) is 0 Å². The number of hydrogen-bond acceptors (Lipinski definition) is 0. The van der Waals surface area contributed by atoms with Gasteiger partial charge in [0.2, 0.25) is 0 Å². The van der Waals surface area contributed by atoms with E-state index in [-0.39, 0.29) is 26.6 Å². The minimum Gasteiger partial charge on any atom is -0.206 e. The predicted octanol–water partition coefficient (Wildman–Crippen LogP) is 8.22. The molecule has 1 aliphatic carbocycles. The molecule has 1 heteroatoms. The molecule has 0 atom stereocenters. The second-order valence-electron chi connectivity index (χ2n) is 7.23. The lowest BCUT2D eigenvalue weighted by atomic mass is 9.99. The second-order valence-corrected chi connectivity index (χ2v) is 7.23. The Bertz CT molecular complexity index is 619. The Morgan fingerprint density at radius 2 is 1.48 bits per heavy atom. The summed E-state index contributed by atoms with van der Waals surface area (Å²) < 4.78 is 13.3. The molecule has 3 rings (SSSR count). The molecule has 0 radical (unpaired) electrons. The SMILES string of the molecule is C.C.CC(C)c1cccc(C2CC2)c1.Cc1cccc(C(C)C)c1F. The van der Waals surface area contributed by atoms with Crippen molar-refractivity contribution in [2.24, 2.45) is 0 Å². The van der Waals surface area contributed by atoms with E-state index in [4.69, 9.17) is 0 Å². The van der Waals surface area contributed by atoms with Gasteiger partial charge in [-0.1, -0.05) is 85.0 Å². The minimum absolute atomic E-state index is 0. The number of aryl methyl sites for hydroxylation is 1. The maximum atomic E-state index is 13.3. The van der Waals surface area contributed by atoms with Crippen LogP contribution < -0.4 is 0 Å². The van der Waals surface area contributed by atoms with Crippen molar-refractivity contribution < 1.29 is 4.39 Å². The topological polar surface area (TPSA) is 0 Å². The van der Waals surface area contributed by atoms with Gasteiger partial charge in [-0.25, -0.2) is 4.39 Å². The van der Waals surface area contributed by atoms with Crippen LogP contribution in [0.5, 0.6) is 0 Å². The highest BCUT2D eigenvalue weighted by atomic mass is 19.1. The average molecular weight is 345 g/mol. The van der Waals surface area contributed by atoms with Gasteiger partial charge in [-0.3, -0.25) is 0 Å².